The Morgan fingerprint density at radius 3 is 2.95 bits per heavy atom. The zero-order chi connectivity index (χ0) is 14.8. The summed E-state index contributed by atoms with van der Waals surface area (Å²) in [5.41, 5.74) is 1.35. The highest BCUT2D eigenvalue weighted by Crippen LogP contribution is 2.35. The van der Waals surface area contributed by atoms with Crippen molar-refractivity contribution in [2.24, 2.45) is 0 Å². The Hall–Kier alpha value is -1.59. The third-order valence-corrected chi connectivity index (χ3v) is 5.11. The minimum Gasteiger partial charge on any atom is -0.463 e. The largest absolute Gasteiger partial charge is 0.463 e. The zero-order valence-electron chi connectivity index (χ0n) is 11.9. The second kappa shape index (κ2) is 6.03. The van der Waals surface area contributed by atoms with E-state index in [2.05, 4.69) is 10.8 Å². The minimum absolute atomic E-state index is 0.115. The first-order chi connectivity index (χ1) is 10.2. The normalized spacial score (nSPS) is 16.1. The van der Waals surface area contributed by atoms with Gasteiger partial charge in [-0.1, -0.05) is 6.42 Å². The van der Waals surface area contributed by atoms with Crippen LogP contribution in [0.5, 0.6) is 0 Å². The second-order valence-corrected chi connectivity index (χ2v) is 6.42. The third kappa shape index (κ3) is 2.89. The van der Waals surface area contributed by atoms with Gasteiger partial charge in [-0.05, 0) is 49.4 Å². The molecule has 0 aromatic carbocycles. The lowest BCUT2D eigenvalue weighted by Crippen LogP contribution is -1.99. The van der Waals surface area contributed by atoms with Gasteiger partial charge in [0.15, 0.2) is 0 Å². The Morgan fingerprint density at radius 2 is 2.14 bits per heavy atom. The average Bonchev–Trinajstić information content (AvgIpc) is 3.09. The first-order valence-electron chi connectivity index (χ1n) is 7.16. The zero-order valence-corrected chi connectivity index (χ0v) is 12.7. The maximum atomic E-state index is 11.4. The van der Waals surface area contributed by atoms with E-state index in [9.17, 15) is 9.90 Å². The number of hydrogen-bond acceptors (Lipinski definition) is 5. The van der Waals surface area contributed by atoms with E-state index in [0.717, 1.165) is 17.7 Å². The van der Waals surface area contributed by atoms with Gasteiger partial charge in [0, 0.05) is 9.75 Å². The number of methoxy groups -OCH3 is 1. The summed E-state index contributed by atoms with van der Waals surface area (Å²) in [4.78, 5) is 13.6. The van der Waals surface area contributed by atoms with Gasteiger partial charge in [-0.2, -0.15) is 0 Å². The van der Waals surface area contributed by atoms with Gasteiger partial charge in [-0.3, -0.25) is 0 Å². The first-order valence-corrected chi connectivity index (χ1v) is 7.98. The van der Waals surface area contributed by atoms with E-state index in [1.54, 1.807) is 17.4 Å². The van der Waals surface area contributed by atoms with Crippen LogP contribution in [-0.4, -0.2) is 18.2 Å². The van der Waals surface area contributed by atoms with Gasteiger partial charge in [0.25, 0.3) is 0 Å². The van der Waals surface area contributed by atoms with E-state index in [1.807, 2.05) is 0 Å². The Bertz CT molecular complexity index is 617. The molecule has 0 amide bonds. The van der Waals surface area contributed by atoms with Crippen LogP contribution in [0.1, 0.15) is 57.0 Å². The Morgan fingerprint density at radius 1 is 1.33 bits per heavy atom. The summed E-state index contributed by atoms with van der Waals surface area (Å²) in [5, 5.41) is 10.4. The molecule has 2 aromatic rings. The highest BCUT2D eigenvalue weighted by atomic mass is 32.1. The molecule has 1 unspecified atom stereocenters. The molecule has 4 nitrogen and oxygen atoms in total. The van der Waals surface area contributed by atoms with Gasteiger partial charge in [0.1, 0.15) is 11.9 Å². The quantitative estimate of drug-likeness (QED) is 0.696. The van der Waals surface area contributed by atoms with E-state index in [-0.39, 0.29) is 5.76 Å². The van der Waals surface area contributed by atoms with Crippen LogP contribution in [0.3, 0.4) is 0 Å². The molecule has 5 heteroatoms. The smallest absolute Gasteiger partial charge is 0.373 e. The number of aliphatic hydroxyl groups is 1. The average molecular weight is 306 g/mol. The SMILES string of the molecule is COC(=O)c1ccc(C(O)c2cc3c(s2)CCCCC3)o1. The van der Waals surface area contributed by atoms with Crippen molar-refractivity contribution in [3.8, 4) is 0 Å². The first kappa shape index (κ1) is 14.4. The lowest BCUT2D eigenvalue weighted by Gasteiger charge is -2.04. The number of rotatable bonds is 3. The number of carbonyl (C=O) groups excluding carboxylic acids is 1. The lowest BCUT2D eigenvalue weighted by atomic mass is 10.1. The van der Waals surface area contributed by atoms with Crippen molar-refractivity contribution in [2.75, 3.05) is 7.11 Å². The van der Waals surface area contributed by atoms with E-state index in [4.69, 9.17) is 4.42 Å². The van der Waals surface area contributed by atoms with Crippen molar-refractivity contribution >= 4 is 17.3 Å². The molecule has 112 valence electrons. The lowest BCUT2D eigenvalue weighted by molar-refractivity contribution is 0.0558. The van der Waals surface area contributed by atoms with Crippen molar-refractivity contribution in [1.82, 2.24) is 0 Å². The topological polar surface area (TPSA) is 59.7 Å². The Kier molecular flexibility index (Phi) is 4.12. The Balaban J connectivity index is 1.83. The maximum absolute atomic E-state index is 11.4. The van der Waals surface area contributed by atoms with Crippen LogP contribution >= 0.6 is 11.3 Å². The van der Waals surface area contributed by atoms with Crippen molar-refractivity contribution in [1.29, 1.82) is 0 Å². The fraction of sp³-hybridized carbons (Fsp3) is 0.438. The summed E-state index contributed by atoms with van der Waals surface area (Å²) >= 11 is 1.65. The van der Waals surface area contributed by atoms with Crippen LogP contribution in [0.25, 0.3) is 0 Å². The van der Waals surface area contributed by atoms with Gasteiger partial charge in [0.05, 0.1) is 7.11 Å². The number of esters is 1. The maximum Gasteiger partial charge on any atom is 0.373 e. The van der Waals surface area contributed by atoms with Crippen LogP contribution < -0.4 is 0 Å². The molecule has 0 saturated heterocycles. The second-order valence-electron chi connectivity index (χ2n) is 5.25. The summed E-state index contributed by atoms with van der Waals surface area (Å²) in [6, 6.07) is 5.24. The molecule has 1 aliphatic rings. The number of aryl methyl sites for hydroxylation is 2. The summed E-state index contributed by atoms with van der Waals surface area (Å²) in [5.74, 6) is -0.0353. The molecule has 2 aromatic heterocycles. The minimum atomic E-state index is -0.819. The van der Waals surface area contributed by atoms with Gasteiger partial charge >= 0.3 is 5.97 Å². The fourth-order valence-corrected chi connectivity index (χ4v) is 3.93. The predicted molar refractivity (Wildman–Crippen MR) is 79.7 cm³/mol. The molecule has 1 N–H and O–H groups in total. The summed E-state index contributed by atoms with van der Waals surface area (Å²) < 4.78 is 9.99. The molecule has 21 heavy (non-hydrogen) atoms. The molecule has 1 aliphatic carbocycles. The van der Waals surface area contributed by atoms with E-state index < -0.39 is 12.1 Å². The molecule has 0 radical (unpaired) electrons. The van der Waals surface area contributed by atoms with E-state index >= 15 is 0 Å². The molecule has 0 saturated carbocycles. The molecule has 0 spiro atoms. The van der Waals surface area contributed by atoms with Crippen LogP contribution in [-0.2, 0) is 17.6 Å². The standard InChI is InChI=1S/C16H18O4S/c1-19-16(18)12-8-7-11(20-12)15(17)14-9-10-5-3-2-4-6-13(10)21-14/h7-9,15,17H,2-6H2,1H3. The van der Waals surface area contributed by atoms with Crippen molar-refractivity contribution in [2.45, 2.75) is 38.2 Å². The number of carbonyl (C=O) groups is 1. The molecule has 0 aliphatic heterocycles. The number of furan rings is 1. The number of thiophene rings is 1. The van der Waals surface area contributed by atoms with Gasteiger partial charge in [-0.15, -0.1) is 11.3 Å². The van der Waals surface area contributed by atoms with Gasteiger partial charge < -0.3 is 14.3 Å². The van der Waals surface area contributed by atoms with Crippen molar-refractivity contribution in [3.05, 3.63) is 45.0 Å². The molecular formula is C16H18O4S. The monoisotopic (exact) mass is 306 g/mol. The van der Waals surface area contributed by atoms with E-state index in [0.29, 0.717) is 5.76 Å². The number of fused-ring (bicyclic) bond motifs is 1. The highest BCUT2D eigenvalue weighted by Gasteiger charge is 2.22. The predicted octanol–water partition coefficient (Wildman–Crippen LogP) is 3.48. The summed E-state index contributed by atoms with van der Waals surface area (Å²) in [7, 11) is 1.30. The van der Waals surface area contributed by atoms with Gasteiger partial charge in [-0.25, -0.2) is 4.79 Å². The van der Waals surface area contributed by atoms with Crippen LogP contribution in [0, 0.1) is 0 Å². The summed E-state index contributed by atoms with van der Waals surface area (Å²) in [6.07, 6.45) is 5.07. The number of aliphatic hydroxyl groups excluding tert-OH is 1. The van der Waals surface area contributed by atoms with Crippen molar-refractivity contribution in [3.63, 3.8) is 0 Å². The van der Waals surface area contributed by atoms with E-state index in [1.165, 1.54) is 42.9 Å². The van der Waals surface area contributed by atoms with Crippen LogP contribution in [0.2, 0.25) is 0 Å². The summed E-state index contributed by atoms with van der Waals surface area (Å²) in [6.45, 7) is 0. The highest BCUT2D eigenvalue weighted by molar-refractivity contribution is 7.12. The van der Waals surface area contributed by atoms with Crippen LogP contribution in [0.15, 0.2) is 22.6 Å². The van der Waals surface area contributed by atoms with Crippen LogP contribution in [0.4, 0.5) is 0 Å². The number of ether oxygens (including phenoxy) is 1. The molecular weight excluding hydrogens is 288 g/mol. The Labute approximate surface area is 127 Å². The molecule has 2 heterocycles. The number of hydrogen-bond donors (Lipinski definition) is 1. The van der Waals surface area contributed by atoms with Crippen molar-refractivity contribution < 1.29 is 19.1 Å². The fourth-order valence-electron chi connectivity index (χ4n) is 2.68. The molecule has 0 fully saturated rings. The molecule has 3 rings (SSSR count). The molecule has 1 atom stereocenters. The third-order valence-electron chi connectivity index (χ3n) is 3.82. The van der Waals surface area contributed by atoms with Gasteiger partial charge in [0.2, 0.25) is 5.76 Å². The molecule has 0 bridgehead atoms.